The Hall–Kier alpha value is -1.14. The molecule has 0 N–H and O–H groups in total. The van der Waals surface area contributed by atoms with Gasteiger partial charge in [-0.25, -0.2) is 0 Å². The van der Waals surface area contributed by atoms with Gasteiger partial charge in [-0.3, -0.25) is 0 Å². The lowest BCUT2D eigenvalue weighted by Crippen LogP contribution is -2.32. The summed E-state index contributed by atoms with van der Waals surface area (Å²) < 4.78 is 0. The summed E-state index contributed by atoms with van der Waals surface area (Å²) in [5.74, 6) is 2.33. The van der Waals surface area contributed by atoms with Crippen LogP contribution in [0.25, 0.3) is 0 Å². The Labute approximate surface area is 94.9 Å². The highest BCUT2D eigenvalue weighted by Gasteiger charge is 2.14. The van der Waals surface area contributed by atoms with Crippen LogP contribution in [0.15, 0.2) is 18.2 Å². The molecule has 0 saturated carbocycles. The topological polar surface area (TPSA) is 27.0 Å². The third kappa shape index (κ3) is 2.27. The van der Waals surface area contributed by atoms with E-state index in [1.807, 2.05) is 24.8 Å². The van der Waals surface area contributed by atoms with Gasteiger partial charge in [0.05, 0.1) is 11.3 Å². The molecule has 0 spiro atoms. The number of thioether (sulfide) groups is 1. The molecule has 15 heavy (non-hydrogen) atoms. The van der Waals surface area contributed by atoms with E-state index in [2.05, 4.69) is 23.1 Å². The normalized spacial score (nSPS) is 16.1. The number of anilines is 1. The summed E-state index contributed by atoms with van der Waals surface area (Å²) >= 11 is 1.99. The van der Waals surface area contributed by atoms with Gasteiger partial charge >= 0.3 is 0 Å². The van der Waals surface area contributed by atoms with Crippen LogP contribution in [-0.2, 0) is 0 Å². The third-order valence-corrected chi connectivity index (χ3v) is 3.57. The Morgan fingerprint density at radius 1 is 1.33 bits per heavy atom. The van der Waals surface area contributed by atoms with Crippen LogP contribution in [0, 0.1) is 18.3 Å². The van der Waals surface area contributed by atoms with Gasteiger partial charge in [-0.05, 0) is 24.6 Å². The quantitative estimate of drug-likeness (QED) is 0.724. The molecular formula is C12H14N2S. The Balaban J connectivity index is 2.30. The van der Waals surface area contributed by atoms with E-state index < -0.39 is 0 Å². The van der Waals surface area contributed by atoms with Gasteiger partial charge in [-0.15, -0.1) is 0 Å². The summed E-state index contributed by atoms with van der Waals surface area (Å²) in [6.45, 7) is 4.14. The number of benzene rings is 1. The fraction of sp³-hybridized carbons (Fsp3) is 0.417. The summed E-state index contributed by atoms with van der Waals surface area (Å²) in [7, 11) is 0. The fourth-order valence-corrected chi connectivity index (χ4v) is 2.72. The SMILES string of the molecule is Cc1ccc(N2CCSCC2)c(C#N)c1. The predicted octanol–water partition coefficient (Wildman–Crippen LogP) is 2.42. The van der Waals surface area contributed by atoms with Gasteiger partial charge in [0.1, 0.15) is 6.07 Å². The highest BCUT2D eigenvalue weighted by atomic mass is 32.2. The van der Waals surface area contributed by atoms with E-state index in [0.717, 1.165) is 29.9 Å². The third-order valence-electron chi connectivity index (χ3n) is 2.62. The zero-order chi connectivity index (χ0) is 10.7. The molecule has 78 valence electrons. The lowest BCUT2D eigenvalue weighted by Gasteiger charge is -2.29. The molecule has 0 aromatic heterocycles. The molecule has 0 aliphatic carbocycles. The first-order valence-electron chi connectivity index (χ1n) is 5.15. The van der Waals surface area contributed by atoms with Gasteiger partial charge in [0, 0.05) is 24.6 Å². The highest BCUT2D eigenvalue weighted by Crippen LogP contribution is 2.24. The van der Waals surface area contributed by atoms with Crippen molar-refractivity contribution in [1.82, 2.24) is 0 Å². The first-order chi connectivity index (χ1) is 7.31. The minimum Gasteiger partial charge on any atom is -0.369 e. The number of hydrogen-bond donors (Lipinski definition) is 0. The fourth-order valence-electron chi connectivity index (χ4n) is 1.82. The van der Waals surface area contributed by atoms with Crippen LogP contribution in [0.3, 0.4) is 0 Å². The molecule has 0 radical (unpaired) electrons. The maximum atomic E-state index is 9.09. The summed E-state index contributed by atoms with van der Waals surface area (Å²) in [6, 6.07) is 8.41. The molecule has 0 amide bonds. The van der Waals surface area contributed by atoms with Crippen LogP contribution in [0.1, 0.15) is 11.1 Å². The van der Waals surface area contributed by atoms with Crippen LogP contribution < -0.4 is 4.90 Å². The van der Waals surface area contributed by atoms with Crippen LogP contribution >= 0.6 is 11.8 Å². The Kier molecular flexibility index (Phi) is 3.17. The summed E-state index contributed by atoms with van der Waals surface area (Å²) in [5, 5.41) is 9.09. The summed E-state index contributed by atoms with van der Waals surface area (Å²) in [5.41, 5.74) is 3.06. The Morgan fingerprint density at radius 2 is 2.07 bits per heavy atom. The average Bonchev–Trinajstić information content (AvgIpc) is 2.30. The van der Waals surface area contributed by atoms with Crippen molar-refractivity contribution in [2.75, 3.05) is 29.5 Å². The summed E-state index contributed by atoms with van der Waals surface area (Å²) in [6.07, 6.45) is 0. The minimum absolute atomic E-state index is 0.807. The number of nitrogens with zero attached hydrogens (tertiary/aromatic N) is 2. The van der Waals surface area contributed by atoms with Crippen molar-refractivity contribution in [2.24, 2.45) is 0 Å². The lowest BCUT2D eigenvalue weighted by atomic mass is 10.1. The van der Waals surface area contributed by atoms with Gasteiger partial charge in [0.25, 0.3) is 0 Å². The summed E-state index contributed by atoms with van der Waals surface area (Å²) in [4.78, 5) is 2.31. The van der Waals surface area contributed by atoms with Crippen molar-refractivity contribution < 1.29 is 0 Å². The van der Waals surface area contributed by atoms with Crippen molar-refractivity contribution in [3.05, 3.63) is 29.3 Å². The predicted molar refractivity (Wildman–Crippen MR) is 65.4 cm³/mol. The Morgan fingerprint density at radius 3 is 2.73 bits per heavy atom. The molecule has 2 nitrogen and oxygen atoms in total. The van der Waals surface area contributed by atoms with Crippen molar-refractivity contribution in [1.29, 1.82) is 5.26 Å². The van der Waals surface area contributed by atoms with E-state index in [4.69, 9.17) is 5.26 Å². The second kappa shape index (κ2) is 4.59. The minimum atomic E-state index is 0.807. The maximum Gasteiger partial charge on any atom is 0.101 e. The molecular weight excluding hydrogens is 204 g/mol. The van der Waals surface area contributed by atoms with Gasteiger partial charge in [-0.1, -0.05) is 6.07 Å². The Bertz CT molecular complexity index is 389. The molecule has 3 heteroatoms. The van der Waals surface area contributed by atoms with Gasteiger partial charge in [-0.2, -0.15) is 17.0 Å². The van der Waals surface area contributed by atoms with E-state index >= 15 is 0 Å². The molecule has 1 aromatic rings. The second-order valence-electron chi connectivity index (χ2n) is 3.73. The smallest absolute Gasteiger partial charge is 0.101 e. The van der Waals surface area contributed by atoms with Crippen molar-refractivity contribution in [3.63, 3.8) is 0 Å². The molecule has 0 atom stereocenters. The van der Waals surface area contributed by atoms with E-state index in [-0.39, 0.29) is 0 Å². The molecule has 1 fully saturated rings. The molecule has 2 rings (SSSR count). The molecule has 1 aromatic carbocycles. The first-order valence-corrected chi connectivity index (χ1v) is 6.30. The number of aryl methyl sites for hydroxylation is 1. The molecule has 1 heterocycles. The van der Waals surface area contributed by atoms with E-state index in [1.54, 1.807) is 0 Å². The first kappa shape index (κ1) is 10.4. The van der Waals surface area contributed by atoms with E-state index in [0.29, 0.717) is 0 Å². The number of rotatable bonds is 1. The van der Waals surface area contributed by atoms with Crippen LogP contribution in [0.4, 0.5) is 5.69 Å². The van der Waals surface area contributed by atoms with Crippen molar-refractivity contribution in [3.8, 4) is 6.07 Å². The number of nitriles is 1. The average molecular weight is 218 g/mol. The van der Waals surface area contributed by atoms with E-state index in [1.165, 1.54) is 11.5 Å². The zero-order valence-electron chi connectivity index (χ0n) is 8.86. The highest BCUT2D eigenvalue weighted by molar-refractivity contribution is 7.99. The molecule has 1 saturated heterocycles. The molecule has 0 bridgehead atoms. The van der Waals surface area contributed by atoms with E-state index in [9.17, 15) is 0 Å². The maximum absolute atomic E-state index is 9.09. The van der Waals surface area contributed by atoms with Crippen molar-refractivity contribution >= 4 is 17.4 Å². The van der Waals surface area contributed by atoms with Crippen LogP contribution in [-0.4, -0.2) is 24.6 Å². The van der Waals surface area contributed by atoms with Gasteiger partial charge in [0.15, 0.2) is 0 Å². The molecule has 1 aliphatic rings. The van der Waals surface area contributed by atoms with Gasteiger partial charge in [0.2, 0.25) is 0 Å². The van der Waals surface area contributed by atoms with Crippen molar-refractivity contribution in [2.45, 2.75) is 6.92 Å². The molecule has 1 aliphatic heterocycles. The molecule has 0 unspecified atom stereocenters. The van der Waals surface area contributed by atoms with Crippen LogP contribution in [0.2, 0.25) is 0 Å². The largest absolute Gasteiger partial charge is 0.369 e. The second-order valence-corrected chi connectivity index (χ2v) is 4.96. The number of hydrogen-bond acceptors (Lipinski definition) is 3. The monoisotopic (exact) mass is 218 g/mol. The van der Waals surface area contributed by atoms with Crippen LogP contribution in [0.5, 0.6) is 0 Å². The van der Waals surface area contributed by atoms with Gasteiger partial charge < -0.3 is 4.90 Å². The lowest BCUT2D eigenvalue weighted by molar-refractivity contribution is 0.857. The standard InChI is InChI=1S/C12H14N2S/c1-10-2-3-12(11(8-10)9-13)14-4-6-15-7-5-14/h2-3,8H,4-7H2,1H3. The zero-order valence-corrected chi connectivity index (χ0v) is 9.68.